The highest BCUT2D eigenvalue weighted by atomic mass is 32.5. The van der Waals surface area contributed by atoms with Crippen molar-refractivity contribution in [3.8, 4) is 0 Å². The molecule has 0 bridgehead atoms. The van der Waals surface area contributed by atoms with Crippen LogP contribution in [0.2, 0.25) is 0 Å². The average Bonchev–Trinajstić information content (AvgIpc) is 2.25. The van der Waals surface area contributed by atoms with Crippen molar-refractivity contribution >= 4 is 36.2 Å². The maximum Gasteiger partial charge on any atom is 0.256 e. The molecule has 0 aliphatic rings. The van der Waals surface area contributed by atoms with E-state index < -0.39 is 42.5 Å². The van der Waals surface area contributed by atoms with Crippen molar-refractivity contribution in [3.05, 3.63) is 0 Å². The van der Waals surface area contributed by atoms with Crippen LogP contribution < -0.4 is 21.5 Å². The van der Waals surface area contributed by atoms with E-state index in [0.717, 1.165) is 0 Å². The molecule has 0 radical (unpaired) electrons. The summed E-state index contributed by atoms with van der Waals surface area (Å²) in [6.45, 7) is 0.456. The fraction of sp³-hybridized carbons (Fsp3) is 0.667. The molecule has 0 aromatic carbocycles. The minimum atomic E-state index is -3.72. The van der Waals surface area contributed by atoms with E-state index in [9.17, 15) is 14.4 Å². The normalized spacial score (nSPS) is 15.8. The minimum absolute atomic E-state index is 0.593. The maximum atomic E-state index is 11.7. The van der Waals surface area contributed by atoms with Gasteiger partial charge in [0.05, 0.1) is 6.04 Å². The number of hydrogen-bond donors (Lipinski definition) is 6. The first-order chi connectivity index (χ1) is 8.94. The number of carbonyl (C=O) groups excluding carboxylic acids is 3. The number of rotatable bonds is 7. The van der Waals surface area contributed by atoms with Gasteiger partial charge in [0, 0.05) is 0 Å². The summed E-state index contributed by atoms with van der Waals surface area (Å²) in [5.41, 5.74) is 4.99. The molecule has 0 saturated heterocycles. The van der Waals surface area contributed by atoms with Crippen molar-refractivity contribution in [3.63, 3.8) is 0 Å². The van der Waals surface area contributed by atoms with Gasteiger partial charge in [-0.1, -0.05) is 0 Å². The summed E-state index contributed by atoms with van der Waals surface area (Å²) in [7, 11) is 0. The Morgan fingerprint density at radius 1 is 1.00 bits per heavy atom. The molecule has 0 aliphatic carbocycles. The summed E-state index contributed by atoms with van der Waals surface area (Å²) in [4.78, 5) is 52.1. The first-order valence-corrected chi connectivity index (χ1v) is 8.38. The average molecular weight is 326 g/mol. The second kappa shape index (κ2) is 7.65. The lowest BCUT2D eigenvalue weighted by Gasteiger charge is -2.20. The lowest BCUT2D eigenvalue weighted by atomic mass is 10.2. The first kappa shape index (κ1) is 18.9. The van der Waals surface area contributed by atoms with Gasteiger partial charge in [-0.3, -0.25) is 14.4 Å². The zero-order chi connectivity index (χ0) is 16.1. The fourth-order valence-electron chi connectivity index (χ4n) is 1.12. The molecule has 7 N–H and O–H groups in total. The van der Waals surface area contributed by atoms with E-state index in [1.807, 2.05) is 0 Å². The molecule has 0 aromatic heterocycles. The Bertz CT molecular complexity index is 440. The van der Waals surface area contributed by atoms with Crippen molar-refractivity contribution in [2.24, 2.45) is 5.73 Å². The van der Waals surface area contributed by atoms with E-state index in [-0.39, 0.29) is 0 Å². The van der Waals surface area contributed by atoms with Crippen LogP contribution in [0, 0.1) is 0 Å². The highest BCUT2D eigenvalue weighted by Crippen LogP contribution is 2.29. The number of primary amides is 1. The lowest BCUT2D eigenvalue weighted by molar-refractivity contribution is -0.131. The Morgan fingerprint density at radius 3 is 1.80 bits per heavy atom. The molecular weight excluding hydrogens is 307 g/mol. The number of carbonyl (C=O) groups is 3. The van der Waals surface area contributed by atoms with Crippen LogP contribution in [0.25, 0.3) is 0 Å². The molecule has 0 fully saturated rings. The topological polar surface area (TPSA) is 154 Å². The molecular formula is C9H19N4O5PS. The smallest absolute Gasteiger partial charge is 0.256 e. The monoisotopic (exact) mass is 326 g/mol. The van der Waals surface area contributed by atoms with Crippen LogP contribution in [-0.4, -0.2) is 45.6 Å². The molecule has 0 rings (SSSR count). The van der Waals surface area contributed by atoms with E-state index >= 15 is 0 Å². The van der Waals surface area contributed by atoms with E-state index in [1.54, 1.807) is 0 Å². The Labute approximate surface area is 121 Å². The molecule has 0 aliphatic heterocycles. The molecule has 9 nitrogen and oxygen atoms in total. The van der Waals surface area contributed by atoms with E-state index in [1.165, 1.54) is 20.8 Å². The van der Waals surface area contributed by atoms with Gasteiger partial charge in [-0.2, -0.15) is 0 Å². The third-order valence-corrected chi connectivity index (χ3v) is 3.33. The van der Waals surface area contributed by atoms with Crippen LogP contribution in [0.5, 0.6) is 0 Å². The summed E-state index contributed by atoms with van der Waals surface area (Å²) < 4.78 is 0. The molecule has 0 saturated carbocycles. The number of hydrogen-bond acceptors (Lipinski definition) is 4. The number of nitrogens with two attached hydrogens (primary N) is 1. The predicted molar refractivity (Wildman–Crippen MR) is 75.7 cm³/mol. The van der Waals surface area contributed by atoms with Gasteiger partial charge in [0.25, 0.3) is 6.64 Å². The van der Waals surface area contributed by atoms with Gasteiger partial charge in [0.2, 0.25) is 17.7 Å². The van der Waals surface area contributed by atoms with Gasteiger partial charge < -0.3 is 26.2 Å². The van der Waals surface area contributed by atoms with Crippen LogP contribution in [0.3, 0.4) is 0 Å². The third kappa shape index (κ3) is 7.51. The van der Waals surface area contributed by atoms with Crippen molar-refractivity contribution < 1.29 is 24.2 Å². The van der Waals surface area contributed by atoms with Crippen LogP contribution in [0.1, 0.15) is 20.8 Å². The van der Waals surface area contributed by atoms with Gasteiger partial charge >= 0.3 is 0 Å². The van der Waals surface area contributed by atoms with E-state index in [2.05, 4.69) is 27.5 Å². The zero-order valence-electron chi connectivity index (χ0n) is 11.3. The summed E-state index contributed by atoms with van der Waals surface area (Å²) >= 11 is 4.33. The molecule has 0 spiro atoms. The van der Waals surface area contributed by atoms with Gasteiger partial charge in [-0.25, -0.2) is 5.09 Å². The summed E-state index contributed by atoms with van der Waals surface area (Å²) in [6, 6.07) is -2.78. The molecule has 3 atom stereocenters. The Balaban J connectivity index is 4.42. The highest BCUT2D eigenvalue weighted by Gasteiger charge is 2.24. The van der Waals surface area contributed by atoms with Crippen molar-refractivity contribution in [1.82, 2.24) is 15.7 Å². The van der Waals surface area contributed by atoms with Gasteiger partial charge in [0.1, 0.15) is 12.1 Å². The molecule has 0 aromatic rings. The Morgan fingerprint density at radius 2 is 1.40 bits per heavy atom. The van der Waals surface area contributed by atoms with Crippen LogP contribution in [0.4, 0.5) is 0 Å². The minimum Gasteiger partial charge on any atom is -0.368 e. The van der Waals surface area contributed by atoms with Gasteiger partial charge in [-0.15, -0.1) is 0 Å². The SMILES string of the molecule is CC(NC(=O)C(C)NC(=O)C(C)NP(O)(O)=S)C(N)=O. The third-order valence-electron chi connectivity index (χ3n) is 2.29. The Kier molecular flexibility index (Phi) is 7.25. The molecule has 20 heavy (non-hydrogen) atoms. The van der Waals surface area contributed by atoms with Gasteiger partial charge in [0.15, 0.2) is 0 Å². The van der Waals surface area contributed by atoms with E-state index in [0.29, 0.717) is 0 Å². The zero-order valence-corrected chi connectivity index (χ0v) is 13.0. The Hall–Kier alpha value is -1.06. The summed E-state index contributed by atoms with van der Waals surface area (Å²) in [5, 5.41) is 6.78. The second-order valence-corrected chi connectivity index (χ2v) is 7.13. The van der Waals surface area contributed by atoms with Crippen LogP contribution in [0.15, 0.2) is 0 Å². The molecule has 116 valence electrons. The molecule has 11 heteroatoms. The quantitative estimate of drug-likeness (QED) is 0.287. The lowest BCUT2D eigenvalue weighted by Crippen LogP contribution is -2.53. The van der Waals surface area contributed by atoms with Gasteiger partial charge in [-0.05, 0) is 32.6 Å². The van der Waals surface area contributed by atoms with E-state index in [4.69, 9.17) is 15.5 Å². The fourth-order valence-corrected chi connectivity index (χ4v) is 2.22. The van der Waals surface area contributed by atoms with Crippen molar-refractivity contribution in [2.75, 3.05) is 0 Å². The number of nitrogens with one attached hydrogen (secondary N) is 3. The second-order valence-electron chi connectivity index (χ2n) is 4.26. The first-order valence-electron chi connectivity index (χ1n) is 5.67. The van der Waals surface area contributed by atoms with Crippen LogP contribution >= 0.6 is 6.64 Å². The standard InChI is InChI=1S/C9H19N4O5PS/c1-4(7(10)14)11-8(15)5(2)12-9(16)6(3)13-19(17,18)20/h4-6H,1-3H3,(H2,10,14)(H,11,15)(H,12,16)(H3,13,17,18,20). The van der Waals surface area contributed by atoms with Crippen molar-refractivity contribution in [1.29, 1.82) is 0 Å². The predicted octanol–water partition coefficient (Wildman–Crippen LogP) is -2.33. The molecule has 3 unspecified atom stereocenters. The highest BCUT2D eigenvalue weighted by molar-refractivity contribution is 8.08. The van der Waals surface area contributed by atoms with Crippen LogP contribution in [-0.2, 0) is 26.2 Å². The number of amides is 3. The van der Waals surface area contributed by atoms with Crippen molar-refractivity contribution in [2.45, 2.75) is 38.9 Å². The maximum absolute atomic E-state index is 11.7. The summed E-state index contributed by atoms with van der Waals surface area (Å²) in [6.07, 6.45) is 0. The summed E-state index contributed by atoms with van der Waals surface area (Å²) in [5.74, 6) is -1.94. The molecule has 3 amide bonds. The molecule has 0 heterocycles. The largest absolute Gasteiger partial charge is 0.368 e.